The van der Waals surface area contributed by atoms with Gasteiger partial charge in [0.1, 0.15) is 6.61 Å². The van der Waals surface area contributed by atoms with Gasteiger partial charge >= 0.3 is 0 Å². The van der Waals surface area contributed by atoms with Gasteiger partial charge in [-0.15, -0.1) is 0 Å². The molecule has 0 saturated heterocycles. The van der Waals surface area contributed by atoms with Gasteiger partial charge in [0.2, 0.25) is 5.91 Å². The molecule has 0 radical (unpaired) electrons. The number of hydrogen-bond donors (Lipinski definition) is 1. The summed E-state index contributed by atoms with van der Waals surface area (Å²) in [5, 5.41) is 2.89. The molecule has 1 amide bonds. The van der Waals surface area contributed by atoms with E-state index in [1.807, 2.05) is 74.5 Å². The lowest BCUT2D eigenvalue weighted by atomic mass is 10.1. The lowest BCUT2D eigenvalue weighted by molar-refractivity contribution is -0.111. The number of anilines is 1. The van der Waals surface area contributed by atoms with Crippen LogP contribution in [0.5, 0.6) is 11.5 Å². The summed E-state index contributed by atoms with van der Waals surface area (Å²) >= 11 is 0. The van der Waals surface area contributed by atoms with Crippen molar-refractivity contribution in [2.45, 2.75) is 20.5 Å². The fourth-order valence-corrected chi connectivity index (χ4v) is 3.05. The molecule has 4 heteroatoms. The van der Waals surface area contributed by atoms with Crippen LogP contribution in [0, 0.1) is 13.8 Å². The molecule has 29 heavy (non-hydrogen) atoms. The molecule has 3 aromatic carbocycles. The Hall–Kier alpha value is -3.53. The van der Waals surface area contributed by atoms with Crippen LogP contribution in [0.25, 0.3) is 6.08 Å². The number of nitrogens with one attached hydrogen (secondary N) is 1. The molecule has 0 saturated carbocycles. The quantitative estimate of drug-likeness (QED) is 0.541. The fraction of sp³-hybridized carbons (Fsp3) is 0.160. The second-order valence-electron chi connectivity index (χ2n) is 6.88. The van der Waals surface area contributed by atoms with Gasteiger partial charge in [-0.2, -0.15) is 0 Å². The molecule has 0 atom stereocenters. The Balaban J connectivity index is 1.65. The van der Waals surface area contributed by atoms with Crippen molar-refractivity contribution in [3.05, 3.63) is 95.1 Å². The molecular weight excluding hydrogens is 362 g/mol. The highest BCUT2D eigenvalue weighted by atomic mass is 16.5. The topological polar surface area (TPSA) is 47.6 Å². The highest BCUT2D eigenvalue weighted by Crippen LogP contribution is 2.29. The third-order valence-corrected chi connectivity index (χ3v) is 4.34. The zero-order valence-electron chi connectivity index (χ0n) is 16.9. The lowest BCUT2D eigenvalue weighted by Crippen LogP contribution is -2.08. The van der Waals surface area contributed by atoms with Crippen molar-refractivity contribution in [1.82, 2.24) is 0 Å². The summed E-state index contributed by atoms with van der Waals surface area (Å²) in [6.45, 7) is 4.48. The molecule has 0 aliphatic carbocycles. The Labute approximate surface area is 171 Å². The Kier molecular flexibility index (Phi) is 6.69. The van der Waals surface area contributed by atoms with Crippen LogP contribution in [-0.2, 0) is 11.4 Å². The Morgan fingerprint density at radius 1 is 0.931 bits per heavy atom. The number of aryl methyl sites for hydroxylation is 2. The van der Waals surface area contributed by atoms with Gasteiger partial charge in [0.05, 0.1) is 7.11 Å². The van der Waals surface area contributed by atoms with E-state index < -0.39 is 0 Å². The van der Waals surface area contributed by atoms with Crippen molar-refractivity contribution in [1.29, 1.82) is 0 Å². The van der Waals surface area contributed by atoms with Crippen molar-refractivity contribution in [2.24, 2.45) is 0 Å². The second kappa shape index (κ2) is 9.60. The van der Waals surface area contributed by atoms with E-state index >= 15 is 0 Å². The first-order valence-electron chi connectivity index (χ1n) is 9.45. The smallest absolute Gasteiger partial charge is 0.248 e. The molecule has 0 aromatic heterocycles. The largest absolute Gasteiger partial charge is 0.493 e. The summed E-state index contributed by atoms with van der Waals surface area (Å²) in [6, 6.07) is 21.5. The molecular formula is C25H25NO3. The first kappa shape index (κ1) is 20.2. The Bertz CT molecular complexity index is 990. The number of ether oxygens (including phenoxy) is 2. The van der Waals surface area contributed by atoms with Crippen LogP contribution in [0.2, 0.25) is 0 Å². The van der Waals surface area contributed by atoms with E-state index in [2.05, 4.69) is 11.4 Å². The van der Waals surface area contributed by atoms with E-state index in [-0.39, 0.29) is 5.91 Å². The van der Waals surface area contributed by atoms with Crippen LogP contribution in [0.4, 0.5) is 5.69 Å². The number of rotatable bonds is 7. The van der Waals surface area contributed by atoms with Crippen LogP contribution in [0.15, 0.2) is 72.8 Å². The third-order valence-electron chi connectivity index (χ3n) is 4.34. The summed E-state index contributed by atoms with van der Waals surface area (Å²) in [5.41, 5.74) is 4.95. The molecule has 0 aliphatic rings. The van der Waals surface area contributed by atoms with E-state index in [9.17, 15) is 4.79 Å². The molecule has 148 valence electrons. The van der Waals surface area contributed by atoms with Crippen LogP contribution in [-0.4, -0.2) is 13.0 Å². The fourth-order valence-electron chi connectivity index (χ4n) is 3.05. The number of carbonyl (C=O) groups excluding carboxylic acids is 1. The molecule has 0 bridgehead atoms. The van der Waals surface area contributed by atoms with E-state index in [0.29, 0.717) is 18.1 Å². The van der Waals surface area contributed by atoms with Gasteiger partial charge in [-0.3, -0.25) is 4.79 Å². The van der Waals surface area contributed by atoms with E-state index in [4.69, 9.17) is 9.47 Å². The molecule has 3 rings (SSSR count). The van der Waals surface area contributed by atoms with Crippen molar-refractivity contribution >= 4 is 17.7 Å². The van der Waals surface area contributed by atoms with Crippen molar-refractivity contribution in [3.63, 3.8) is 0 Å². The van der Waals surface area contributed by atoms with Gasteiger partial charge in [-0.25, -0.2) is 0 Å². The number of amides is 1. The summed E-state index contributed by atoms with van der Waals surface area (Å²) in [6.07, 6.45) is 3.26. The van der Waals surface area contributed by atoms with Gasteiger partial charge in [-0.05, 0) is 66.4 Å². The maximum Gasteiger partial charge on any atom is 0.248 e. The normalized spacial score (nSPS) is 10.7. The Morgan fingerprint density at radius 3 is 2.34 bits per heavy atom. The summed E-state index contributed by atoms with van der Waals surface area (Å²) in [4.78, 5) is 12.2. The van der Waals surface area contributed by atoms with E-state index in [1.54, 1.807) is 13.2 Å². The highest BCUT2D eigenvalue weighted by Gasteiger charge is 2.06. The van der Waals surface area contributed by atoms with Crippen LogP contribution < -0.4 is 14.8 Å². The molecule has 0 unspecified atom stereocenters. The standard InChI is InChI=1S/C25H25NO3/c1-18-13-19(2)15-22(14-18)26-25(27)12-10-20-9-11-23(24(16-20)28-3)29-17-21-7-5-4-6-8-21/h4-16H,17H2,1-3H3,(H,26,27)/b12-10+. The summed E-state index contributed by atoms with van der Waals surface area (Å²) in [7, 11) is 1.60. The maximum atomic E-state index is 12.2. The summed E-state index contributed by atoms with van der Waals surface area (Å²) < 4.78 is 11.3. The predicted molar refractivity (Wildman–Crippen MR) is 117 cm³/mol. The highest BCUT2D eigenvalue weighted by molar-refractivity contribution is 6.02. The first-order valence-corrected chi connectivity index (χ1v) is 9.45. The van der Waals surface area contributed by atoms with Gasteiger partial charge < -0.3 is 14.8 Å². The van der Waals surface area contributed by atoms with Crippen LogP contribution in [0.3, 0.4) is 0 Å². The van der Waals surface area contributed by atoms with Gasteiger partial charge in [0, 0.05) is 11.8 Å². The average molecular weight is 387 g/mol. The van der Waals surface area contributed by atoms with Gasteiger partial charge in [0.25, 0.3) is 0 Å². The monoisotopic (exact) mass is 387 g/mol. The molecule has 0 heterocycles. The maximum absolute atomic E-state index is 12.2. The molecule has 0 spiro atoms. The Morgan fingerprint density at radius 2 is 1.66 bits per heavy atom. The summed E-state index contributed by atoms with van der Waals surface area (Å²) in [5.74, 6) is 1.10. The minimum atomic E-state index is -0.182. The second-order valence-corrected chi connectivity index (χ2v) is 6.88. The number of hydrogen-bond acceptors (Lipinski definition) is 3. The predicted octanol–water partition coefficient (Wildman–Crippen LogP) is 5.54. The lowest BCUT2D eigenvalue weighted by Gasteiger charge is -2.11. The van der Waals surface area contributed by atoms with Crippen molar-refractivity contribution in [3.8, 4) is 11.5 Å². The number of methoxy groups -OCH3 is 1. The molecule has 3 aromatic rings. The SMILES string of the molecule is COc1cc(/C=C/C(=O)Nc2cc(C)cc(C)c2)ccc1OCc1ccccc1. The molecule has 1 N–H and O–H groups in total. The number of benzene rings is 3. The van der Waals surface area contributed by atoms with Gasteiger partial charge in [-0.1, -0.05) is 42.5 Å². The minimum Gasteiger partial charge on any atom is -0.493 e. The van der Waals surface area contributed by atoms with E-state index in [0.717, 1.165) is 27.9 Å². The van der Waals surface area contributed by atoms with Crippen molar-refractivity contribution < 1.29 is 14.3 Å². The average Bonchev–Trinajstić information content (AvgIpc) is 2.71. The van der Waals surface area contributed by atoms with Crippen LogP contribution >= 0.6 is 0 Å². The molecule has 0 aliphatic heterocycles. The first-order chi connectivity index (χ1) is 14.0. The zero-order valence-corrected chi connectivity index (χ0v) is 16.9. The third kappa shape index (κ3) is 5.98. The molecule has 4 nitrogen and oxygen atoms in total. The zero-order chi connectivity index (χ0) is 20.6. The minimum absolute atomic E-state index is 0.182. The van der Waals surface area contributed by atoms with Crippen LogP contribution in [0.1, 0.15) is 22.3 Å². The van der Waals surface area contributed by atoms with Crippen molar-refractivity contribution in [2.75, 3.05) is 12.4 Å². The molecule has 0 fully saturated rings. The van der Waals surface area contributed by atoms with E-state index in [1.165, 1.54) is 6.08 Å². The number of carbonyl (C=O) groups is 1. The van der Waals surface area contributed by atoms with Gasteiger partial charge in [0.15, 0.2) is 11.5 Å².